The fourth-order valence-corrected chi connectivity index (χ4v) is 2.95. The van der Waals surface area contributed by atoms with Crippen LogP contribution in [0.2, 0.25) is 0 Å². The molecule has 1 N–H and O–H groups in total. The van der Waals surface area contributed by atoms with Gasteiger partial charge in [0.2, 0.25) is 0 Å². The van der Waals surface area contributed by atoms with Crippen LogP contribution in [0.3, 0.4) is 0 Å². The number of amides is 2. The van der Waals surface area contributed by atoms with E-state index in [1.807, 2.05) is 24.3 Å². The molecule has 0 spiro atoms. The van der Waals surface area contributed by atoms with E-state index in [4.69, 9.17) is 4.74 Å². The normalized spacial score (nSPS) is 14.0. The van der Waals surface area contributed by atoms with E-state index in [0.29, 0.717) is 32.2 Å². The Morgan fingerprint density at radius 1 is 1.04 bits per heavy atom. The first-order chi connectivity index (χ1) is 13.0. The Hall–Kier alpha value is -3.16. The number of hydrogen-bond acceptors (Lipinski definition) is 4. The summed E-state index contributed by atoms with van der Waals surface area (Å²) in [5, 5.41) is 2.19. The van der Waals surface area contributed by atoms with Crippen LogP contribution >= 0.6 is 0 Å². The van der Waals surface area contributed by atoms with Gasteiger partial charge in [0.1, 0.15) is 17.4 Å². The molecule has 1 aliphatic rings. The predicted octanol–water partition coefficient (Wildman–Crippen LogP) is 2.26. The Balaban J connectivity index is 1.60. The average molecular weight is 375 g/mol. The minimum absolute atomic E-state index is 0.234. The van der Waals surface area contributed by atoms with Crippen LogP contribution in [0.5, 0.6) is 5.75 Å². The van der Waals surface area contributed by atoms with Gasteiger partial charge in [-0.05, 0) is 24.3 Å². The summed E-state index contributed by atoms with van der Waals surface area (Å²) >= 11 is 0. The summed E-state index contributed by atoms with van der Waals surface area (Å²) < 4.78 is 31.9. The summed E-state index contributed by atoms with van der Waals surface area (Å²) in [7, 11) is 1.59. The van der Waals surface area contributed by atoms with E-state index in [-0.39, 0.29) is 5.69 Å². The van der Waals surface area contributed by atoms with E-state index in [9.17, 15) is 18.4 Å². The van der Waals surface area contributed by atoms with Crippen molar-refractivity contribution in [1.82, 2.24) is 4.90 Å². The summed E-state index contributed by atoms with van der Waals surface area (Å²) in [6.07, 6.45) is 0. The van der Waals surface area contributed by atoms with Crippen molar-refractivity contribution in [3.8, 4) is 5.75 Å². The van der Waals surface area contributed by atoms with Gasteiger partial charge in [0, 0.05) is 32.2 Å². The number of benzene rings is 2. The fourth-order valence-electron chi connectivity index (χ4n) is 2.95. The number of halogens is 2. The zero-order valence-electron chi connectivity index (χ0n) is 14.7. The molecule has 8 heteroatoms. The summed E-state index contributed by atoms with van der Waals surface area (Å²) in [4.78, 5) is 27.9. The summed E-state index contributed by atoms with van der Waals surface area (Å²) in [6, 6.07) is 10.3. The first-order valence-corrected chi connectivity index (χ1v) is 8.43. The van der Waals surface area contributed by atoms with Gasteiger partial charge >= 0.3 is 11.8 Å². The zero-order chi connectivity index (χ0) is 19.4. The van der Waals surface area contributed by atoms with Crippen molar-refractivity contribution in [1.29, 1.82) is 0 Å². The Morgan fingerprint density at radius 3 is 2.41 bits per heavy atom. The molecule has 0 saturated carbocycles. The van der Waals surface area contributed by atoms with Gasteiger partial charge in [-0.15, -0.1) is 0 Å². The molecule has 1 heterocycles. The molecule has 2 amide bonds. The number of methoxy groups -OCH3 is 1. The number of piperazine rings is 1. The van der Waals surface area contributed by atoms with Gasteiger partial charge in [0.05, 0.1) is 18.5 Å². The lowest BCUT2D eigenvalue weighted by Crippen LogP contribution is -2.51. The maximum Gasteiger partial charge on any atom is 0.313 e. The van der Waals surface area contributed by atoms with E-state index < -0.39 is 23.4 Å². The first-order valence-electron chi connectivity index (χ1n) is 8.43. The van der Waals surface area contributed by atoms with Gasteiger partial charge < -0.3 is 19.9 Å². The standard InChI is InChI=1S/C19H19F2N3O3/c1-27-17-5-3-2-4-16(17)23-8-10-24(11-9-23)19(26)18(25)22-15-7-6-13(20)12-14(15)21/h2-7,12H,8-11H2,1H3,(H,22,25). The third-order valence-corrected chi connectivity index (χ3v) is 4.37. The van der Waals surface area contributed by atoms with E-state index in [1.54, 1.807) is 7.11 Å². The average Bonchev–Trinajstić information content (AvgIpc) is 2.69. The molecule has 0 atom stereocenters. The van der Waals surface area contributed by atoms with E-state index in [0.717, 1.165) is 23.6 Å². The molecule has 1 fully saturated rings. The molecular weight excluding hydrogens is 356 g/mol. The lowest BCUT2D eigenvalue weighted by molar-refractivity contribution is -0.143. The minimum atomic E-state index is -0.953. The molecule has 2 aromatic rings. The Labute approximate surface area is 155 Å². The molecule has 2 aromatic carbocycles. The van der Waals surface area contributed by atoms with Gasteiger partial charge in [0.25, 0.3) is 0 Å². The van der Waals surface area contributed by atoms with Gasteiger partial charge in [-0.3, -0.25) is 9.59 Å². The number of rotatable bonds is 3. The van der Waals surface area contributed by atoms with Crippen LogP contribution in [0.15, 0.2) is 42.5 Å². The number of nitrogens with one attached hydrogen (secondary N) is 1. The summed E-state index contributed by atoms with van der Waals surface area (Å²) in [5.74, 6) is -2.66. The Kier molecular flexibility index (Phi) is 5.54. The molecule has 0 unspecified atom stereocenters. The molecule has 1 aliphatic heterocycles. The highest BCUT2D eigenvalue weighted by atomic mass is 19.1. The van der Waals surface area contributed by atoms with E-state index in [2.05, 4.69) is 10.2 Å². The fraction of sp³-hybridized carbons (Fsp3) is 0.263. The maximum atomic E-state index is 13.6. The van der Waals surface area contributed by atoms with Gasteiger partial charge in [-0.2, -0.15) is 0 Å². The molecule has 3 rings (SSSR count). The largest absolute Gasteiger partial charge is 0.495 e. The van der Waals surface area contributed by atoms with Crippen LogP contribution in [0.25, 0.3) is 0 Å². The molecule has 0 radical (unpaired) electrons. The number of nitrogens with zero attached hydrogens (tertiary/aromatic N) is 2. The first kappa shape index (κ1) is 18.6. The highest BCUT2D eigenvalue weighted by Gasteiger charge is 2.27. The highest BCUT2D eigenvalue weighted by molar-refractivity contribution is 6.39. The smallest absolute Gasteiger partial charge is 0.313 e. The van der Waals surface area contributed by atoms with Crippen molar-refractivity contribution in [2.75, 3.05) is 43.5 Å². The molecule has 6 nitrogen and oxygen atoms in total. The monoisotopic (exact) mass is 375 g/mol. The zero-order valence-corrected chi connectivity index (χ0v) is 14.7. The number of anilines is 2. The van der Waals surface area contributed by atoms with Crippen molar-refractivity contribution in [3.63, 3.8) is 0 Å². The number of ether oxygens (including phenoxy) is 1. The van der Waals surface area contributed by atoms with Gasteiger partial charge in [-0.25, -0.2) is 8.78 Å². The van der Waals surface area contributed by atoms with Crippen LogP contribution < -0.4 is 15.0 Å². The Bertz CT molecular complexity index is 852. The molecule has 0 bridgehead atoms. The van der Waals surface area contributed by atoms with Crippen molar-refractivity contribution in [3.05, 3.63) is 54.1 Å². The van der Waals surface area contributed by atoms with Crippen molar-refractivity contribution in [2.24, 2.45) is 0 Å². The van der Waals surface area contributed by atoms with E-state index in [1.165, 1.54) is 4.90 Å². The van der Waals surface area contributed by atoms with Crippen LogP contribution in [0.4, 0.5) is 20.2 Å². The second kappa shape index (κ2) is 8.03. The molecule has 27 heavy (non-hydrogen) atoms. The third-order valence-electron chi connectivity index (χ3n) is 4.37. The molecule has 0 aliphatic carbocycles. The number of para-hydroxylation sites is 2. The van der Waals surface area contributed by atoms with Crippen LogP contribution in [0, 0.1) is 11.6 Å². The highest BCUT2D eigenvalue weighted by Crippen LogP contribution is 2.28. The van der Waals surface area contributed by atoms with Crippen LogP contribution in [0.1, 0.15) is 0 Å². The van der Waals surface area contributed by atoms with E-state index >= 15 is 0 Å². The minimum Gasteiger partial charge on any atom is -0.495 e. The second-order valence-electron chi connectivity index (χ2n) is 6.03. The van der Waals surface area contributed by atoms with Gasteiger partial charge in [-0.1, -0.05) is 12.1 Å². The lowest BCUT2D eigenvalue weighted by Gasteiger charge is -2.36. The van der Waals surface area contributed by atoms with Crippen LogP contribution in [-0.4, -0.2) is 50.0 Å². The van der Waals surface area contributed by atoms with Crippen molar-refractivity contribution >= 4 is 23.2 Å². The number of carbonyl (C=O) groups is 2. The molecule has 0 aromatic heterocycles. The van der Waals surface area contributed by atoms with Crippen LogP contribution in [-0.2, 0) is 9.59 Å². The summed E-state index contributed by atoms with van der Waals surface area (Å²) in [5.41, 5.74) is 0.687. The number of carbonyl (C=O) groups excluding carboxylic acids is 2. The SMILES string of the molecule is COc1ccccc1N1CCN(C(=O)C(=O)Nc2ccc(F)cc2F)CC1. The van der Waals surface area contributed by atoms with Crippen molar-refractivity contribution in [2.45, 2.75) is 0 Å². The molecule has 142 valence electrons. The lowest BCUT2D eigenvalue weighted by atomic mass is 10.2. The van der Waals surface area contributed by atoms with Gasteiger partial charge in [0.15, 0.2) is 0 Å². The number of hydrogen-bond donors (Lipinski definition) is 1. The van der Waals surface area contributed by atoms with Crippen molar-refractivity contribution < 1.29 is 23.1 Å². The maximum absolute atomic E-state index is 13.6. The Morgan fingerprint density at radius 2 is 1.74 bits per heavy atom. The molecular formula is C19H19F2N3O3. The molecule has 1 saturated heterocycles. The quantitative estimate of drug-likeness (QED) is 0.836. The predicted molar refractivity (Wildman–Crippen MR) is 96.8 cm³/mol. The second-order valence-corrected chi connectivity index (χ2v) is 6.03. The third kappa shape index (κ3) is 4.16. The summed E-state index contributed by atoms with van der Waals surface area (Å²) in [6.45, 7) is 1.75. The topological polar surface area (TPSA) is 61.9 Å².